The monoisotopic (exact) mass is 510 g/mol. The zero-order valence-electron chi connectivity index (χ0n) is 19.1. The van der Waals surface area contributed by atoms with E-state index in [4.69, 9.17) is 20.9 Å². The van der Waals surface area contributed by atoms with Gasteiger partial charge in [-0.2, -0.15) is 17.8 Å². The molecule has 8 nitrogen and oxygen atoms in total. The van der Waals surface area contributed by atoms with E-state index < -0.39 is 10.1 Å². The highest BCUT2D eigenvalue weighted by Crippen LogP contribution is 2.32. The van der Waals surface area contributed by atoms with Gasteiger partial charge in [0, 0.05) is 36.6 Å². The predicted molar refractivity (Wildman–Crippen MR) is 134 cm³/mol. The van der Waals surface area contributed by atoms with Crippen molar-refractivity contribution in [3.05, 3.63) is 63.9 Å². The third-order valence-corrected chi connectivity index (χ3v) is 5.19. The van der Waals surface area contributed by atoms with E-state index in [0.29, 0.717) is 17.9 Å². The van der Waals surface area contributed by atoms with Crippen LogP contribution in [0, 0.1) is 13.8 Å². The van der Waals surface area contributed by atoms with E-state index in [1.54, 1.807) is 0 Å². The number of rotatable bonds is 7. The molecule has 0 unspecified atom stereocenters. The Balaban J connectivity index is 0.000000696. The molecule has 3 rings (SSSR count). The van der Waals surface area contributed by atoms with Gasteiger partial charge in [-0.3, -0.25) is 4.55 Å². The molecule has 0 amide bonds. The zero-order valence-corrected chi connectivity index (χ0v) is 21.5. The Morgan fingerprint density at radius 3 is 2.45 bits per heavy atom. The van der Waals surface area contributed by atoms with Crippen molar-refractivity contribution in [2.75, 3.05) is 19.8 Å². The fourth-order valence-electron chi connectivity index (χ4n) is 2.50. The van der Waals surface area contributed by atoms with Crippen LogP contribution < -0.4 is 4.74 Å². The largest absolute Gasteiger partial charge is 0.430 e. The lowest BCUT2D eigenvalue weighted by Crippen LogP contribution is -2.14. The number of nitrogens with zero attached hydrogens (tertiary/aromatic N) is 4. The van der Waals surface area contributed by atoms with Gasteiger partial charge in [0.25, 0.3) is 15.3 Å². The second-order valence-corrected chi connectivity index (χ2v) is 9.95. The first-order valence-corrected chi connectivity index (χ1v) is 13.0. The maximum Gasteiger partial charge on any atom is 0.298 e. The second-order valence-electron chi connectivity index (χ2n) is 7.34. The van der Waals surface area contributed by atoms with E-state index in [9.17, 15) is 8.42 Å². The Morgan fingerprint density at radius 2 is 1.85 bits per heavy atom. The molecule has 0 aliphatic heterocycles. The number of aryl methyl sites for hydroxylation is 2. The van der Waals surface area contributed by atoms with Gasteiger partial charge < -0.3 is 9.64 Å². The molecule has 0 aliphatic rings. The minimum atomic E-state index is -3.67. The molecule has 0 spiro atoms. The van der Waals surface area contributed by atoms with Crippen LogP contribution in [0.4, 0.5) is 5.69 Å². The molecular weight excluding hydrogens is 484 g/mol. The molecule has 1 aromatic heterocycles. The van der Waals surface area contributed by atoms with Gasteiger partial charge in [-0.1, -0.05) is 23.7 Å². The van der Waals surface area contributed by atoms with Crippen molar-refractivity contribution in [3.8, 4) is 10.9 Å². The first-order valence-electron chi connectivity index (χ1n) is 9.97. The van der Waals surface area contributed by atoms with Crippen molar-refractivity contribution in [2.45, 2.75) is 27.2 Å². The molecule has 33 heavy (non-hydrogen) atoms. The highest BCUT2D eigenvalue weighted by molar-refractivity contribution is 7.85. The zero-order chi connectivity index (χ0) is 24.6. The normalized spacial score (nSPS) is 11.2. The number of aliphatic imine (C=N–C) groups is 1. The van der Waals surface area contributed by atoms with Crippen LogP contribution in [-0.4, -0.2) is 53.4 Å². The standard InChI is InChI=1S/C21H23ClN4OS.CH4O3S/c1-5-26(4)13-23-18-10-15(3)19(11-14(18)2)27-21-24-20(25-28-21)12-16-6-8-17(22)9-7-16;1-5(2,3)4/h6-11,13H,5,12H2,1-4H3;1H3,(H,2,3,4). The van der Waals surface area contributed by atoms with Gasteiger partial charge in [-0.05, 0) is 61.7 Å². The Labute approximate surface area is 203 Å². The molecule has 3 aromatic rings. The Bertz CT molecular complexity index is 1190. The van der Waals surface area contributed by atoms with Crippen molar-refractivity contribution < 1.29 is 17.7 Å². The van der Waals surface area contributed by atoms with Crippen LogP contribution >= 0.6 is 23.1 Å². The Morgan fingerprint density at radius 1 is 1.21 bits per heavy atom. The molecule has 0 aliphatic carbocycles. The minimum absolute atomic E-state index is 0.536. The fourth-order valence-corrected chi connectivity index (χ4v) is 3.18. The molecule has 0 saturated heterocycles. The summed E-state index contributed by atoms with van der Waals surface area (Å²) in [7, 11) is -1.67. The molecule has 0 bridgehead atoms. The molecule has 0 radical (unpaired) electrons. The summed E-state index contributed by atoms with van der Waals surface area (Å²) in [5.74, 6) is 1.51. The van der Waals surface area contributed by atoms with Gasteiger partial charge >= 0.3 is 0 Å². The van der Waals surface area contributed by atoms with Crippen LogP contribution in [0.2, 0.25) is 5.02 Å². The number of ether oxygens (including phenoxy) is 1. The lowest BCUT2D eigenvalue weighted by molar-refractivity contribution is 0.473. The molecule has 0 saturated carbocycles. The summed E-state index contributed by atoms with van der Waals surface area (Å²) in [6, 6.07) is 11.7. The lowest BCUT2D eigenvalue weighted by Gasteiger charge is -2.11. The van der Waals surface area contributed by atoms with Crippen LogP contribution in [0.1, 0.15) is 29.4 Å². The van der Waals surface area contributed by atoms with E-state index in [1.165, 1.54) is 11.5 Å². The van der Waals surface area contributed by atoms with Gasteiger partial charge in [0.1, 0.15) is 5.75 Å². The molecule has 11 heteroatoms. The average Bonchev–Trinajstić information content (AvgIpc) is 3.16. The number of aromatic nitrogens is 2. The highest BCUT2D eigenvalue weighted by atomic mass is 35.5. The van der Waals surface area contributed by atoms with Crippen LogP contribution in [-0.2, 0) is 16.5 Å². The summed E-state index contributed by atoms with van der Waals surface area (Å²) >= 11 is 7.19. The fraction of sp³-hybridized carbons (Fsp3) is 0.318. The summed E-state index contributed by atoms with van der Waals surface area (Å²) in [5.41, 5.74) is 4.10. The number of hydrogen-bond acceptors (Lipinski definition) is 7. The molecule has 1 N–H and O–H groups in total. The van der Waals surface area contributed by atoms with Crippen molar-refractivity contribution >= 4 is 45.3 Å². The van der Waals surface area contributed by atoms with Crippen LogP contribution in [0.25, 0.3) is 0 Å². The third kappa shape index (κ3) is 9.87. The van der Waals surface area contributed by atoms with Crippen LogP contribution in [0.3, 0.4) is 0 Å². The van der Waals surface area contributed by atoms with Gasteiger partial charge in [-0.15, -0.1) is 0 Å². The maximum absolute atomic E-state index is 9.19. The molecule has 0 atom stereocenters. The summed E-state index contributed by atoms with van der Waals surface area (Å²) in [5, 5.41) is 1.26. The summed E-state index contributed by atoms with van der Waals surface area (Å²) in [4.78, 5) is 11.1. The average molecular weight is 511 g/mol. The topological polar surface area (TPSA) is 105 Å². The first kappa shape index (κ1) is 26.7. The van der Waals surface area contributed by atoms with Crippen LogP contribution in [0.15, 0.2) is 41.4 Å². The van der Waals surface area contributed by atoms with Crippen molar-refractivity contribution in [2.24, 2.45) is 4.99 Å². The lowest BCUT2D eigenvalue weighted by atomic mass is 10.1. The summed E-state index contributed by atoms with van der Waals surface area (Å²) in [6.07, 6.45) is 3.21. The highest BCUT2D eigenvalue weighted by Gasteiger charge is 2.11. The molecule has 0 fully saturated rings. The summed E-state index contributed by atoms with van der Waals surface area (Å²) in [6.45, 7) is 7.03. The Kier molecular flexibility index (Phi) is 9.78. The van der Waals surface area contributed by atoms with Gasteiger partial charge in [0.05, 0.1) is 18.3 Å². The van der Waals surface area contributed by atoms with Crippen molar-refractivity contribution in [3.63, 3.8) is 0 Å². The number of hydrogen-bond donors (Lipinski definition) is 1. The number of benzene rings is 2. The van der Waals surface area contributed by atoms with Crippen molar-refractivity contribution in [1.82, 2.24) is 14.3 Å². The van der Waals surface area contributed by atoms with Crippen molar-refractivity contribution in [1.29, 1.82) is 0 Å². The van der Waals surface area contributed by atoms with E-state index in [0.717, 1.165) is 45.5 Å². The quantitative estimate of drug-likeness (QED) is 0.261. The second kappa shape index (κ2) is 12.1. The van der Waals surface area contributed by atoms with E-state index >= 15 is 0 Å². The smallest absolute Gasteiger partial charge is 0.298 e. The van der Waals surface area contributed by atoms with Crippen LogP contribution in [0.5, 0.6) is 10.9 Å². The molecule has 1 heterocycles. The summed E-state index contributed by atoms with van der Waals surface area (Å²) < 4.78 is 36.3. The first-order chi connectivity index (χ1) is 15.4. The van der Waals surface area contributed by atoms with E-state index in [1.807, 2.05) is 68.5 Å². The SMILES string of the molecule is CCN(C)C=Nc1cc(C)c(Oc2nc(Cc3ccc(Cl)cc3)ns2)cc1C.CS(=O)(=O)O. The molecular formula is C22H27ClN4O4S2. The van der Waals surface area contributed by atoms with Gasteiger partial charge in [0.2, 0.25) is 0 Å². The molecule has 178 valence electrons. The number of halogens is 1. The molecule has 2 aromatic carbocycles. The van der Waals surface area contributed by atoms with E-state index in [-0.39, 0.29) is 0 Å². The van der Waals surface area contributed by atoms with E-state index in [2.05, 4.69) is 21.3 Å². The third-order valence-electron chi connectivity index (χ3n) is 4.31. The maximum atomic E-state index is 9.19. The minimum Gasteiger partial charge on any atom is -0.430 e. The predicted octanol–water partition coefficient (Wildman–Crippen LogP) is 5.31. The van der Waals surface area contributed by atoms with Gasteiger partial charge in [0.15, 0.2) is 5.82 Å². The Hall–Kier alpha value is -2.53. The van der Waals surface area contributed by atoms with Gasteiger partial charge in [-0.25, -0.2) is 4.99 Å².